The van der Waals surface area contributed by atoms with Gasteiger partial charge in [0.25, 0.3) is 0 Å². The van der Waals surface area contributed by atoms with Crippen molar-refractivity contribution in [3.05, 3.63) is 78.0 Å². The number of nitrogens with zero attached hydrogens (tertiary/aromatic N) is 2. The average Bonchev–Trinajstić information content (AvgIpc) is 3.17. The number of rotatable bonds is 3. The predicted octanol–water partition coefficient (Wildman–Crippen LogP) is 3.34. The molecule has 0 radical (unpaired) electrons. The van der Waals surface area contributed by atoms with E-state index >= 15 is 0 Å². The van der Waals surface area contributed by atoms with Crippen molar-refractivity contribution in [2.75, 3.05) is 0 Å². The van der Waals surface area contributed by atoms with Crippen molar-refractivity contribution in [1.82, 2.24) is 9.78 Å². The van der Waals surface area contributed by atoms with Gasteiger partial charge in [-0.1, -0.05) is 36.4 Å². The Morgan fingerprint density at radius 2 is 1.90 bits per heavy atom. The molecule has 0 aliphatic carbocycles. The zero-order chi connectivity index (χ0) is 13.8. The van der Waals surface area contributed by atoms with E-state index < -0.39 is 0 Å². The van der Waals surface area contributed by atoms with Gasteiger partial charge in [-0.25, -0.2) is 4.68 Å². The quantitative estimate of drug-likeness (QED) is 0.729. The zero-order valence-corrected chi connectivity index (χ0v) is 10.6. The molecular weight excluding hydrogens is 252 g/mol. The van der Waals surface area contributed by atoms with E-state index in [2.05, 4.69) is 5.10 Å². The van der Waals surface area contributed by atoms with E-state index in [-0.39, 0.29) is 11.7 Å². The smallest absolute Gasteiger partial charge is 0.313 e. The van der Waals surface area contributed by atoms with E-state index in [9.17, 15) is 4.79 Å². The van der Waals surface area contributed by atoms with Crippen LogP contribution in [-0.2, 0) is 0 Å². The van der Waals surface area contributed by atoms with E-state index in [1.54, 1.807) is 24.4 Å². The van der Waals surface area contributed by atoms with Gasteiger partial charge in [0.1, 0.15) is 0 Å². The standard InChI is InChI=1S/C16H12N2O2/c19-16(15-7-4-12-20-15)18-11-10-14(17-18)9-8-13-5-2-1-3-6-13/h1-12H. The van der Waals surface area contributed by atoms with E-state index in [0.29, 0.717) is 5.69 Å². The number of benzene rings is 1. The maximum atomic E-state index is 12.0. The minimum Gasteiger partial charge on any atom is -0.459 e. The summed E-state index contributed by atoms with van der Waals surface area (Å²) in [5.74, 6) is -0.0129. The van der Waals surface area contributed by atoms with Crippen LogP contribution in [0.25, 0.3) is 12.2 Å². The molecule has 0 atom stereocenters. The highest BCUT2D eigenvalue weighted by Crippen LogP contribution is 2.08. The van der Waals surface area contributed by atoms with Crippen LogP contribution in [0.15, 0.2) is 65.4 Å². The average molecular weight is 264 g/mol. The maximum Gasteiger partial charge on any atom is 0.313 e. The van der Waals surface area contributed by atoms with Gasteiger partial charge in [-0.15, -0.1) is 0 Å². The number of carbonyl (C=O) groups excluding carboxylic acids is 1. The topological polar surface area (TPSA) is 48.0 Å². The Bertz CT molecular complexity index is 725. The van der Waals surface area contributed by atoms with Crippen molar-refractivity contribution in [3.63, 3.8) is 0 Å². The molecule has 4 heteroatoms. The minimum atomic E-state index is -0.283. The van der Waals surface area contributed by atoms with Crippen molar-refractivity contribution >= 4 is 18.1 Å². The molecule has 0 saturated carbocycles. The van der Waals surface area contributed by atoms with Gasteiger partial charge in [-0.3, -0.25) is 4.79 Å². The van der Waals surface area contributed by atoms with Crippen LogP contribution >= 0.6 is 0 Å². The van der Waals surface area contributed by atoms with Crippen LogP contribution in [0, 0.1) is 0 Å². The van der Waals surface area contributed by atoms with Gasteiger partial charge in [0, 0.05) is 6.20 Å². The second-order valence-corrected chi connectivity index (χ2v) is 4.21. The lowest BCUT2D eigenvalue weighted by Gasteiger charge is -1.95. The van der Waals surface area contributed by atoms with Crippen molar-refractivity contribution < 1.29 is 9.21 Å². The Morgan fingerprint density at radius 1 is 1.05 bits per heavy atom. The third kappa shape index (κ3) is 2.59. The molecule has 3 rings (SSSR count). The molecule has 2 aromatic heterocycles. The lowest BCUT2D eigenvalue weighted by Crippen LogP contribution is -2.11. The zero-order valence-electron chi connectivity index (χ0n) is 10.6. The van der Waals surface area contributed by atoms with Crippen LogP contribution in [0.1, 0.15) is 21.8 Å². The van der Waals surface area contributed by atoms with Gasteiger partial charge in [0.2, 0.25) is 0 Å². The first kappa shape index (κ1) is 12.2. The molecule has 2 heterocycles. The Balaban J connectivity index is 1.77. The van der Waals surface area contributed by atoms with E-state index in [0.717, 1.165) is 5.56 Å². The second kappa shape index (κ2) is 5.40. The Hall–Kier alpha value is -2.88. The van der Waals surface area contributed by atoms with Crippen LogP contribution in [-0.4, -0.2) is 15.7 Å². The summed E-state index contributed by atoms with van der Waals surface area (Å²) in [5.41, 5.74) is 1.80. The molecule has 20 heavy (non-hydrogen) atoms. The molecule has 0 amide bonds. The molecule has 0 N–H and O–H groups in total. The fourth-order valence-corrected chi connectivity index (χ4v) is 1.80. The second-order valence-electron chi connectivity index (χ2n) is 4.21. The van der Waals surface area contributed by atoms with Crippen LogP contribution in [0.3, 0.4) is 0 Å². The van der Waals surface area contributed by atoms with Crippen LogP contribution in [0.5, 0.6) is 0 Å². The van der Waals surface area contributed by atoms with Gasteiger partial charge in [-0.2, -0.15) is 5.10 Å². The molecule has 0 unspecified atom stereocenters. The number of furan rings is 1. The number of hydrogen-bond donors (Lipinski definition) is 0. The summed E-state index contributed by atoms with van der Waals surface area (Å²) >= 11 is 0. The molecule has 0 fully saturated rings. The fraction of sp³-hybridized carbons (Fsp3) is 0. The van der Waals surface area contributed by atoms with Gasteiger partial charge < -0.3 is 4.42 Å². The lowest BCUT2D eigenvalue weighted by atomic mass is 10.2. The maximum absolute atomic E-state index is 12.0. The highest BCUT2D eigenvalue weighted by atomic mass is 16.3. The summed E-state index contributed by atoms with van der Waals surface area (Å²) in [6.45, 7) is 0. The number of hydrogen-bond acceptors (Lipinski definition) is 3. The Morgan fingerprint density at radius 3 is 2.65 bits per heavy atom. The molecule has 0 saturated heterocycles. The summed E-state index contributed by atoms with van der Waals surface area (Å²) in [6, 6.07) is 15.0. The van der Waals surface area contributed by atoms with Gasteiger partial charge in [0.05, 0.1) is 12.0 Å². The molecule has 0 spiro atoms. The largest absolute Gasteiger partial charge is 0.459 e. The summed E-state index contributed by atoms with van der Waals surface area (Å²) in [6.07, 6.45) is 6.90. The Labute approximate surface area is 116 Å². The molecule has 0 aliphatic rings. The van der Waals surface area contributed by atoms with Crippen molar-refractivity contribution in [1.29, 1.82) is 0 Å². The molecule has 0 bridgehead atoms. The highest BCUT2D eigenvalue weighted by molar-refractivity contribution is 5.92. The van der Waals surface area contributed by atoms with Crippen molar-refractivity contribution in [2.24, 2.45) is 0 Å². The number of aromatic nitrogens is 2. The fourth-order valence-electron chi connectivity index (χ4n) is 1.80. The van der Waals surface area contributed by atoms with Crippen molar-refractivity contribution in [3.8, 4) is 0 Å². The first-order chi connectivity index (χ1) is 9.83. The van der Waals surface area contributed by atoms with Gasteiger partial charge in [0.15, 0.2) is 5.76 Å². The first-order valence-corrected chi connectivity index (χ1v) is 6.20. The summed E-state index contributed by atoms with van der Waals surface area (Å²) in [7, 11) is 0. The SMILES string of the molecule is O=C(c1ccco1)n1ccc(C=Cc2ccccc2)n1. The normalized spacial score (nSPS) is 11.0. The molecular formula is C16H12N2O2. The molecule has 1 aromatic carbocycles. The summed E-state index contributed by atoms with van der Waals surface area (Å²) in [4.78, 5) is 12.0. The highest BCUT2D eigenvalue weighted by Gasteiger charge is 2.11. The predicted molar refractivity (Wildman–Crippen MR) is 76.0 cm³/mol. The monoisotopic (exact) mass is 264 g/mol. The van der Waals surface area contributed by atoms with Gasteiger partial charge in [-0.05, 0) is 29.8 Å². The lowest BCUT2D eigenvalue weighted by molar-refractivity contribution is 0.0917. The third-order valence-corrected chi connectivity index (χ3v) is 2.80. The van der Waals surface area contributed by atoms with E-state index in [1.807, 2.05) is 42.5 Å². The van der Waals surface area contributed by atoms with Crippen LogP contribution < -0.4 is 0 Å². The van der Waals surface area contributed by atoms with E-state index in [1.165, 1.54) is 10.9 Å². The first-order valence-electron chi connectivity index (χ1n) is 6.20. The molecule has 3 aromatic rings. The summed E-state index contributed by atoms with van der Waals surface area (Å²) in [5, 5.41) is 4.20. The third-order valence-electron chi connectivity index (χ3n) is 2.80. The van der Waals surface area contributed by atoms with Crippen LogP contribution in [0.4, 0.5) is 0 Å². The number of carbonyl (C=O) groups is 1. The molecule has 98 valence electrons. The van der Waals surface area contributed by atoms with Crippen molar-refractivity contribution in [2.45, 2.75) is 0 Å². The molecule has 4 nitrogen and oxygen atoms in total. The minimum absolute atomic E-state index is 0.270. The van der Waals surface area contributed by atoms with Crippen LogP contribution in [0.2, 0.25) is 0 Å². The summed E-state index contributed by atoms with van der Waals surface area (Å²) < 4.78 is 6.33. The Kier molecular flexibility index (Phi) is 3.29. The van der Waals surface area contributed by atoms with Gasteiger partial charge >= 0.3 is 5.91 Å². The van der Waals surface area contributed by atoms with E-state index in [4.69, 9.17) is 4.42 Å². The molecule has 0 aliphatic heterocycles.